The predicted octanol–water partition coefficient (Wildman–Crippen LogP) is 2.27. The number of aromatic nitrogens is 1. The molecule has 0 aromatic carbocycles. The van der Waals surface area contributed by atoms with Crippen LogP contribution in [-0.2, 0) is 0 Å². The van der Waals surface area contributed by atoms with E-state index in [1.807, 2.05) is 35.4 Å². The molecule has 70 valence electrons. The molecule has 14 heavy (non-hydrogen) atoms. The largest absolute Gasteiger partial charge is 0.307 e. The van der Waals surface area contributed by atoms with Gasteiger partial charge in [0.25, 0.3) is 0 Å². The van der Waals surface area contributed by atoms with Crippen LogP contribution >= 0.6 is 11.8 Å². The van der Waals surface area contributed by atoms with E-state index < -0.39 is 0 Å². The first kappa shape index (κ1) is 9.10. The number of hydrogen-bond acceptors (Lipinski definition) is 4. The van der Waals surface area contributed by atoms with Gasteiger partial charge in [-0.1, -0.05) is 6.07 Å². The van der Waals surface area contributed by atoms with Crippen LogP contribution in [0, 0.1) is 18.3 Å². The van der Waals surface area contributed by atoms with Gasteiger partial charge in [-0.15, -0.1) is 11.8 Å². The third-order valence-electron chi connectivity index (χ3n) is 1.95. The number of nitriles is 1. The summed E-state index contributed by atoms with van der Waals surface area (Å²) in [6.45, 7) is 1.95. The molecule has 1 aliphatic heterocycles. The van der Waals surface area contributed by atoms with Gasteiger partial charge in [0.15, 0.2) is 0 Å². The Bertz CT molecular complexity index is 420. The Labute approximate surface area is 87.1 Å². The van der Waals surface area contributed by atoms with Gasteiger partial charge in [-0.3, -0.25) is 0 Å². The van der Waals surface area contributed by atoms with Crippen LogP contribution in [0.2, 0.25) is 0 Å². The lowest BCUT2D eigenvalue weighted by Crippen LogP contribution is -2.18. The molecule has 3 nitrogen and oxygen atoms in total. The van der Waals surface area contributed by atoms with Crippen LogP contribution < -0.4 is 4.90 Å². The van der Waals surface area contributed by atoms with Crippen molar-refractivity contribution in [3.63, 3.8) is 0 Å². The molecule has 0 bridgehead atoms. The number of rotatable bonds is 1. The molecule has 0 radical (unpaired) electrons. The van der Waals surface area contributed by atoms with E-state index in [2.05, 4.69) is 11.1 Å². The Morgan fingerprint density at radius 2 is 2.43 bits per heavy atom. The number of nitrogens with zero attached hydrogens (tertiary/aromatic N) is 3. The molecule has 0 N–H and O–H groups in total. The van der Waals surface area contributed by atoms with Gasteiger partial charge in [0, 0.05) is 11.1 Å². The van der Waals surface area contributed by atoms with Crippen molar-refractivity contribution >= 4 is 17.6 Å². The summed E-state index contributed by atoms with van der Waals surface area (Å²) in [5, 5.41) is 10.7. The lowest BCUT2D eigenvalue weighted by molar-refractivity contribution is 1.05. The number of allylic oxidation sites excluding steroid dienone is 1. The Hall–Kier alpha value is -1.47. The lowest BCUT2D eigenvalue weighted by atomic mass is 10.3. The fourth-order valence-corrected chi connectivity index (χ4v) is 2.11. The number of pyridine rings is 1. The van der Waals surface area contributed by atoms with Crippen molar-refractivity contribution in [3.8, 4) is 6.07 Å². The fourth-order valence-electron chi connectivity index (χ4n) is 1.28. The van der Waals surface area contributed by atoms with E-state index in [0.717, 1.165) is 17.4 Å². The second kappa shape index (κ2) is 3.72. The van der Waals surface area contributed by atoms with Crippen molar-refractivity contribution in [1.82, 2.24) is 4.98 Å². The van der Waals surface area contributed by atoms with Crippen molar-refractivity contribution < 1.29 is 0 Å². The highest BCUT2D eigenvalue weighted by molar-refractivity contribution is 8.02. The summed E-state index contributed by atoms with van der Waals surface area (Å²) in [6, 6.07) is 7.98. The third-order valence-corrected chi connectivity index (χ3v) is 2.75. The molecule has 0 saturated carbocycles. The molecule has 0 amide bonds. The van der Waals surface area contributed by atoms with Crippen molar-refractivity contribution in [2.24, 2.45) is 0 Å². The maximum Gasteiger partial charge on any atom is 0.134 e. The van der Waals surface area contributed by atoms with E-state index >= 15 is 0 Å². The number of thioether (sulfide) groups is 1. The molecular formula is C10H9N3S. The van der Waals surface area contributed by atoms with Crippen LogP contribution in [0.1, 0.15) is 5.69 Å². The Balaban J connectivity index is 2.33. The van der Waals surface area contributed by atoms with E-state index in [0.29, 0.717) is 5.70 Å². The number of anilines is 1. The second-order valence-corrected chi connectivity index (χ2v) is 3.80. The molecule has 0 spiro atoms. The summed E-state index contributed by atoms with van der Waals surface area (Å²) in [6.07, 6.45) is 0. The van der Waals surface area contributed by atoms with Crippen LogP contribution in [0.4, 0.5) is 5.82 Å². The summed E-state index contributed by atoms with van der Waals surface area (Å²) < 4.78 is 0. The molecule has 0 atom stereocenters. The predicted molar refractivity (Wildman–Crippen MR) is 57.6 cm³/mol. The van der Waals surface area contributed by atoms with Gasteiger partial charge < -0.3 is 4.90 Å². The molecule has 4 heteroatoms. The summed E-state index contributed by atoms with van der Waals surface area (Å²) in [7, 11) is 0. The van der Waals surface area contributed by atoms with Crippen molar-refractivity contribution in [3.05, 3.63) is 35.0 Å². The molecule has 2 rings (SSSR count). The van der Waals surface area contributed by atoms with Gasteiger partial charge in [0.2, 0.25) is 0 Å². The van der Waals surface area contributed by atoms with Gasteiger partial charge in [0.1, 0.15) is 17.6 Å². The SMILES string of the molecule is Cc1cccc(N2CSC=C2C#N)n1. The Morgan fingerprint density at radius 1 is 1.57 bits per heavy atom. The van der Waals surface area contributed by atoms with Crippen LogP contribution in [0.3, 0.4) is 0 Å². The molecule has 1 aromatic rings. The standard InChI is InChI=1S/C10H9N3S/c1-8-3-2-4-10(12-8)13-7-14-6-9(13)5-11/h2-4,6H,7H2,1H3. The maximum atomic E-state index is 8.87. The highest BCUT2D eigenvalue weighted by Crippen LogP contribution is 2.27. The minimum absolute atomic E-state index is 0.674. The van der Waals surface area contributed by atoms with E-state index in [-0.39, 0.29) is 0 Å². The van der Waals surface area contributed by atoms with Crippen LogP contribution in [0.5, 0.6) is 0 Å². The summed E-state index contributed by atoms with van der Waals surface area (Å²) in [5.74, 6) is 1.63. The minimum atomic E-state index is 0.674. The summed E-state index contributed by atoms with van der Waals surface area (Å²) in [4.78, 5) is 6.29. The molecule has 0 saturated heterocycles. The molecule has 0 aliphatic carbocycles. The van der Waals surface area contributed by atoms with Gasteiger partial charge in [-0.2, -0.15) is 5.26 Å². The van der Waals surface area contributed by atoms with E-state index in [1.54, 1.807) is 11.8 Å². The molecule has 0 unspecified atom stereocenters. The normalized spacial score (nSPS) is 15.1. The van der Waals surface area contributed by atoms with Crippen molar-refractivity contribution in [2.45, 2.75) is 6.92 Å². The van der Waals surface area contributed by atoms with E-state index in [4.69, 9.17) is 5.26 Å². The lowest BCUT2D eigenvalue weighted by Gasteiger charge is -2.16. The van der Waals surface area contributed by atoms with E-state index in [1.165, 1.54) is 0 Å². The average molecular weight is 203 g/mol. The Morgan fingerprint density at radius 3 is 3.14 bits per heavy atom. The third kappa shape index (κ3) is 1.59. The van der Waals surface area contributed by atoms with Gasteiger partial charge >= 0.3 is 0 Å². The maximum absolute atomic E-state index is 8.87. The second-order valence-electron chi connectivity index (χ2n) is 2.98. The van der Waals surface area contributed by atoms with Crippen molar-refractivity contribution in [1.29, 1.82) is 5.26 Å². The monoisotopic (exact) mass is 203 g/mol. The zero-order valence-electron chi connectivity index (χ0n) is 7.77. The highest BCUT2D eigenvalue weighted by atomic mass is 32.2. The van der Waals surface area contributed by atoms with Crippen molar-refractivity contribution in [2.75, 3.05) is 10.8 Å². The van der Waals surface area contributed by atoms with Crippen LogP contribution in [0.25, 0.3) is 0 Å². The Kier molecular flexibility index (Phi) is 2.42. The van der Waals surface area contributed by atoms with Gasteiger partial charge in [-0.25, -0.2) is 4.98 Å². The molecular weight excluding hydrogens is 194 g/mol. The summed E-state index contributed by atoms with van der Waals surface area (Å²) in [5.41, 5.74) is 1.64. The fraction of sp³-hybridized carbons (Fsp3) is 0.200. The topological polar surface area (TPSA) is 39.9 Å². The molecule has 2 heterocycles. The highest BCUT2D eigenvalue weighted by Gasteiger charge is 2.17. The van der Waals surface area contributed by atoms with Gasteiger partial charge in [-0.05, 0) is 19.1 Å². The smallest absolute Gasteiger partial charge is 0.134 e. The average Bonchev–Trinajstić information content (AvgIpc) is 2.65. The minimum Gasteiger partial charge on any atom is -0.307 e. The van der Waals surface area contributed by atoms with Crippen LogP contribution in [0.15, 0.2) is 29.3 Å². The zero-order valence-corrected chi connectivity index (χ0v) is 8.58. The number of hydrogen-bond donors (Lipinski definition) is 0. The number of aryl methyl sites for hydroxylation is 1. The van der Waals surface area contributed by atoms with Gasteiger partial charge in [0.05, 0.1) is 5.88 Å². The quantitative estimate of drug-likeness (QED) is 0.702. The van der Waals surface area contributed by atoms with E-state index in [9.17, 15) is 0 Å². The summed E-state index contributed by atoms with van der Waals surface area (Å²) >= 11 is 1.62. The molecule has 1 aromatic heterocycles. The molecule has 0 fully saturated rings. The zero-order chi connectivity index (χ0) is 9.97. The first-order chi connectivity index (χ1) is 6.81. The first-order valence-corrected chi connectivity index (χ1v) is 5.29. The van der Waals surface area contributed by atoms with Crippen LogP contribution in [-0.4, -0.2) is 10.9 Å². The first-order valence-electron chi connectivity index (χ1n) is 4.24. The molecule has 1 aliphatic rings.